The van der Waals surface area contributed by atoms with Crippen LogP contribution in [0.15, 0.2) is 141 Å². The molecule has 0 radical (unpaired) electrons. The van der Waals surface area contributed by atoms with Gasteiger partial charge < -0.3 is 41.9 Å². The molecule has 123 heavy (non-hydrogen) atoms. The summed E-state index contributed by atoms with van der Waals surface area (Å²) < 4.78 is 82.7. The lowest BCUT2D eigenvalue weighted by Crippen LogP contribution is -2.41. The Balaban J connectivity index is 0.000000248. The smallest absolute Gasteiger partial charge is 0.399 e. The van der Waals surface area contributed by atoms with E-state index in [0.29, 0.717) is 33.0 Å². The molecule has 2 aromatic carbocycles. The summed E-state index contributed by atoms with van der Waals surface area (Å²) in [7, 11) is -0.288. The molecule has 12 aromatic rings. The first kappa shape index (κ1) is 103. The van der Waals surface area contributed by atoms with Gasteiger partial charge in [0, 0.05) is 81.8 Å². The Morgan fingerprint density at radius 2 is 1.03 bits per heavy atom. The highest BCUT2D eigenvalue weighted by molar-refractivity contribution is 14.1. The molecule has 10 N–H and O–H groups in total. The van der Waals surface area contributed by atoms with Crippen LogP contribution in [0.2, 0.25) is 0 Å². The maximum absolute atomic E-state index is 14.2. The molecule has 1 aliphatic rings. The molecule has 1 fully saturated rings. The summed E-state index contributed by atoms with van der Waals surface area (Å²) in [5, 5.41) is 29.6. The normalized spacial score (nSPS) is 13.3. The summed E-state index contributed by atoms with van der Waals surface area (Å²) in [4.78, 5) is 80.2. The van der Waals surface area contributed by atoms with Crippen molar-refractivity contribution >= 4 is 187 Å². The van der Waals surface area contributed by atoms with Gasteiger partial charge in [-0.15, -0.1) is 56.9 Å². The Hall–Kier alpha value is -8.58. The SMILES string of the molecule is CC(C)(C)C(N)=S.CC(C)(C)c1ncc(B2OC(C)(C)C(C)(C)O2)s1.CC(C)(C)c1ncc(Br)s1.CC(C)(C)c1nccs1.CC(Nc1ncnc(N)c1C(=N)I)c1nc2ccc(F)cn2c(=O)c1-c1cccc(F)c1.CC(Nc1ncnc(N)c1C(=N)c1cnc(C(C)(C)C)s1)c1nc2ccc(F)cn2c(=O)c1-c1cccc(F)c1.CSF.O=CCCl. The van der Waals surface area contributed by atoms with Crippen molar-refractivity contribution in [3.8, 4) is 22.3 Å². The van der Waals surface area contributed by atoms with Crippen LogP contribution < -0.4 is 43.7 Å². The van der Waals surface area contributed by atoms with Gasteiger partial charge >= 0.3 is 7.12 Å². The highest BCUT2D eigenvalue weighted by atomic mass is 127. The fraction of sp³-hybridized carbons (Fsp3) is 0.381. The average molecular weight is 2000 g/mol. The van der Waals surface area contributed by atoms with E-state index in [1.54, 1.807) is 88.8 Å². The lowest BCUT2D eigenvalue weighted by molar-refractivity contribution is -0.105. The van der Waals surface area contributed by atoms with Gasteiger partial charge in [0.15, 0.2) is 0 Å². The number of nitrogen functional groups attached to an aromatic ring is 2. The number of hydrogen-bond acceptors (Lipinski definition) is 27. The number of nitrogens with two attached hydrogens (primary N) is 3. The number of pyridine rings is 2. The highest BCUT2D eigenvalue weighted by Crippen LogP contribution is 2.39. The van der Waals surface area contributed by atoms with Gasteiger partial charge in [0.05, 0.1) is 113 Å². The third-order valence-electron chi connectivity index (χ3n) is 17.6. The molecule has 1 saturated heterocycles. The van der Waals surface area contributed by atoms with Crippen molar-refractivity contribution < 1.29 is 35.6 Å². The molecule has 10 aromatic heterocycles. The van der Waals surface area contributed by atoms with E-state index in [1.165, 1.54) is 101 Å². The second-order valence-electron chi connectivity index (χ2n) is 33.5. The molecule has 0 spiro atoms. The Morgan fingerprint density at radius 1 is 0.634 bits per heavy atom. The summed E-state index contributed by atoms with van der Waals surface area (Å²) in [5.74, 6) is -1.41. The number of nitrogens with one attached hydrogen (secondary N) is 4. The molecule has 39 heteroatoms. The van der Waals surface area contributed by atoms with Crippen molar-refractivity contribution in [1.82, 2.24) is 58.6 Å². The zero-order chi connectivity index (χ0) is 92.4. The van der Waals surface area contributed by atoms with Crippen LogP contribution >= 0.6 is 120 Å². The Morgan fingerprint density at radius 3 is 1.37 bits per heavy atom. The van der Waals surface area contributed by atoms with Crippen LogP contribution in [0, 0.1) is 39.5 Å². The number of thiazole rings is 4. The van der Waals surface area contributed by atoms with Crippen molar-refractivity contribution in [2.45, 2.75) is 190 Å². The number of aldehydes is 1. The number of carbonyl (C=O) groups is 1. The van der Waals surface area contributed by atoms with Crippen LogP contribution in [-0.4, -0.2) is 110 Å². The largest absolute Gasteiger partial charge is 0.507 e. The van der Waals surface area contributed by atoms with Gasteiger partial charge in [-0.2, -0.15) is 3.89 Å². The topological polar surface area (TPSA) is 357 Å². The number of halogens is 8. The number of nitrogens with zero attached hydrogens (tertiary/aromatic N) is 12. The van der Waals surface area contributed by atoms with Crippen molar-refractivity contribution in [1.29, 1.82) is 10.8 Å². The minimum absolute atomic E-state index is 0.00926. The minimum atomic E-state index is -0.673. The van der Waals surface area contributed by atoms with Crippen LogP contribution in [0.1, 0.15) is 205 Å². The number of carbonyl (C=O) groups excluding carboxylic acids is 1. The Labute approximate surface area is 766 Å². The van der Waals surface area contributed by atoms with Gasteiger partial charge in [-0.25, -0.2) is 67.4 Å². The number of aromatic nitrogens is 12. The van der Waals surface area contributed by atoms with Crippen molar-refractivity contribution in [2.75, 3.05) is 34.2 Å². The fourth-order valence-electron chi connectivity index (χ4n) is 10.5. The summed E-state index contributed by atoms with van der Waals surface area (Å²) in [5.41, 5.74) is 18.5. The van der Waals surface area contributed by atoms with E-state index >= 15 is 0 Å². The zero-order valence-electron chi connectivity index (χ0n) is 72.3. The molecule has 658 valence electrons. The van der Waals surface area contributed by atoms with Gasteiger partial charge in [-0.1, -0.05) is 140 Å². The first-order valence-corrected chi connectivity index (χ1v) is 45.1. The second-order valence-corrected chi connectivity index (χ2v) is 41.0. The number of benzene rings is 2. The highest BCUT2D eigenvalue weighted by Gasteiger charge is 2.52. The molecule has 0 bridgehead atoms. The predicted molar refractivity (Wildman–Crippen MR) is 512 cm³/mol. The van der Waals surface area contributed by atoms with Crippen LogP contribution in [0.25, 0.3) is 33.5 Å². The Bertz CT molecular complexity index is 5760. The molecule has 24 nitrogen and oxygen atoms in total. The van der Waals surface area contributed by atoms with E-state index in [-0.39, 0.29) is 135 Å². The number of thiocarbonyl (C=S) groups is 1. The third kappa shape index (κ3) is 28.7. The standard InChI is InChI=1S/C28H26F2N8OS.C21H16F2IN7O.C13H22BNO2S.C7H10BrNS.C7H11NS.C5H11NS.C2H3ClO.CH3FS/c1-14(36-25-21(24(32)34-13-35-25)22(31)18-11-33-27(40-18)28(2,3)4)23-20(15-6-5-7-16(29)10-15)26(39)38-12-17(30)8-9-19(38)37-23;1-10(29-20-16(18(24)25)19(26)27-9-28-20)17-15(11-3-2-4-12(22)7-11)21(32)31-8-13(23)5-6-14(31)30-17;1-11(2,3)10-15-8-9(18-10)14-16-12(4,5)13(6,7)17-14;1-7(2,3)6-9-4-5(8)10-6;1-7(2,3)6-8-4-5-9-6;1-5(2,3)4(6)7;3-1-2-4;1-3-2/h5-14,31H,1-4H3,(H3,32,34,35,36);2-10,25H,1H3,(H3,26,27,28,29);8H,1-7H3;4H,1-3H3;4-5H,1-3H3;1-3H3,(H2,6,7);2H,1H2;1H3. The molecule has 13 rings (SSSR count). The maximum Gasteiger partial charge on any atom is 0.507 e. The van der Waals surface area contributed by atoms with E-state index in [1.807, 2.05) is 65.5 Å². The molecular formula is C84H102BBrClF5IN19O5S6. The third-order valence-corrected chi connectivity index (χ3v) is 24.9. The molecule has 0 aliphatic carbocycles. The lowest BCUT2D eigenvalue weighted by atomic mass is 9.89. The van der Waals surface area contributed by atoms with Crippen molar-refractivity contribution in [2.24, 2.45) is 11.1 Å². The first-order valence-electron chi connectivity index (χ1n) is 37.9. The van der Waals surface area contributed by atoms with Crippen LogP contribution in [0.5, 0.6) is 0 Å². The summed E-state index contributed by atoms with van der Waals surface area (Å²) in [6.07, 6.45) is 13.8. The van der Waals surface area contributed by atoms with Crippen molar-refractivity contribution in [3.05, 3.63) is 223 Å². The first-order chi connectivity index (χ1) is 57.1. The van der Waals surface area contributed by atoms with Crippen LogP contribution in [0.4, 0.5) is 44.7 Å². The molecule has 2 unspecified atom stereocenters. The van der Waals surface area contributed by atoms with Crippen LogP contribution in [-0.2, 0) is 35.8 Å². The number of anilines is 4. The zero-order valence-corrected chi connectivity index (χ0v) is 81.7. The average Bonchev–Trinajstić information content (AvgIpc) is 1.72. The van der Waals surface area contributed by atoms with Gasteiger partial charge in [0.2, 0.25) is 0 Å². The minimum Gasteiger partial charge on any atom is -0.399 e. The van der Waals surface area contributed by atoms with E-state index < -0.39 is 46.5 Å². The number of alkyl halides is 1. The summed E-state index contributed by atoms with van der Waals surface area (Å²) in [6, 6.07) is 15.0. The molecule has 0 amide bonds. The quantitative estimate of drug-likeness (QED) is 0.0107. The lowest BCUT2D eigenvalue weighted by Gasteiger charge is -2.32. The van der Waals surface area contributed by atoms with E-state index in [4.69, 9.17) is 65.9 Å². The monoisotopic (exact) mass is 2000 g/mol. The van der Waals surface area contributed by atoms with Gasteiger partial charge in [0.1, 0.15) is 80.5 Å². The maximum atomic E-state index is 14.2. The number of fused-ring (bicyclic) bond motifs is 2. The van der Waals surface area contributed by atoms with Gasteiger partial charge in [-0.05, 0) is 140 Å². The molecular weight excluding hydrogens is 1900 g/mol. The van der Waals surface area contributed by atoms with Gasteiger partial charge in [0.25, 0.3) is 11.1 Å². The molecule has 2 atom stereocenters. The van der Waals surface area contributed by atoms with Crippen molar-refractivity contribution in [3.63, 3.8) is 0 Å². The van der Waals surface area contributed by atoms with Crippen LogP contribution in [0.3, 0.4) is 0 Å². The van der Waals surface area contributed by atoms with E-state index in [9.17, 15) is 31.0 Å². The number of rotatable bonds is 13. The second kappa shape index (κ2) is 44.0. The fourth-order valence-corrected chi connectivity index (χ4v) is 14.9. The van der Waals surface area contributed by atoms with Gasteiger partial charge in [-0.3, -0.25) is 29.2 Å². The van der Waals surface area contributed by atoms with E-state index in [0.717, 1.165) is 39.8 Å². The molecule has 1 aliphatic heterocycles. The molecule has 11 heterocycles. The summed E-state index contributed by atoms with van der Waals surface area (Å²) in [6.45, 7) is 43.4. The number of hydrogen-bond donors (Lipinski definition) is 7. The molecule has 0 saturated carbocycles. The predicted octanol–water partition coefficient (Wildman–Crippen LogP) is 20.7. The summed E-state index contributed by atoms with van der Waals surface area (Å²) >= 11 is 21.4. The Kier molecular flexibility index (Phi) is 37.0. The van der Waals surface area contributed by atoms with E-state index in [2.05, 4.69) is 166 Å².